The van der Waals surface area contributed by atoms with Gasteiger partial charge in [-0.1, -0.05) is 59.3 Å². The second-order valence-corrected chi connectivity index (χ2v) is 8.08. The molecule has 1 aromatic heterocycles. The lowest BCUT2D eigenvalue weighted by atomic mass is 10.00. The number of halogens is 2. The molecule has 0 bridgehead atoms. The van der Waals surface area contributed by atoms with Gasteiger partial charge in [0.25, 0.3) is 0 Å². The number of fused-ring (bicyclic) bond motifs is 3. The number of aryl methyl sites for hydroxylation is 1. The van der Waals surface area contributed by atoms with Gasteiger partial charge in [0.1, 0.15) is 5.82 Å². The lowest BCUT2D eigenvalue weighted by molar-refractivity contribution is 0.583. The van der Waals surface area contributed by atoms with Gasteiger partial charge in [0.15, 0.2) is 0 Å². The number of imidazole rings is 1. The Bertz CT molecular complexity index is 1240. The third-order valence-electron chi connectivity index (χ3n) is 5.39. The van der Waals surface area contributed by atoms with E-state index in [1.807, 2.05) is 30.3 Å². The molecule has 0 amide bonds. The fourth-order valence-electron chi connectivity index (χ4n) is 3.87. The third-order valence-corrected chi connectivity index (χ3v) is 5.89. The zero-order chi connectivity index (χ0) is 20.0. The van der Waals surface area contributed by atoms with Crippen LogP contribution in [0.15, 0.2) is 77.3 Å². The number of hydrogen-bond acceptors (Lipinski definition) is 2. The predicted octanol–water partition coefficient (Wildman–Crippen LogP) is 6.56. The molecule has 0 saturated carbocycles. The number of benzene rings is 3. The molecule has 0 fully saturated rings. The van der Waals surface area contributed by atoms with E-state index in [0.29, 0.717) is 11.5 Å². The lowest BCUT2D eigenvalue weighted by Gasteiger charge is -2.27. The first-order chi connectivity index (χ1) is 14.1. The number of aromatic nitrogens is 2. The topological polar surface area (TPSA) is 29.9 Å². The summed E-state index contributed by atoms with van der Waals surface area (Å²) in [6, 6.07) is 21.2. The molecular weight excluding hydrogens is 429 g/mol. The maximum Gasteiger partial charge on any atom is 0.209 e. The molecule has 1 N–H and O–H groups in total. The van der Waals surface area contributed by atoms with Gasteiger partial charge in [0, 0.05) is 15.7 Å². The first kappa shape index (κ1) is 18.1. The van der Waals surface area contributed by atoms with Crippen LogP contribution in [0.5, 0.6) is 0 Å². The highest BCUT2D eigenvalue weighted by atomic mass is 79.9. The summed E-state index contributed by atoms with van der Waals surface area (Å²) >= 11 is 3.49. The highest BCUT2D eigenvalue weighted by Gasteiger charge is 2.27. The fourth-order valence-corrected chi connectivity index (χ4v) is 4.25. The van der Waals surface area contributed by atoms with Crippen LogP contribution in [0.4, 0.5) is 10.3 Å². The molecule has 144 valence electrons. The minimum Gasteiger partial charge on any atom is -0.325 e. The molecule has 1 atom stereocenters. The van der Waals surface area contributed by atoms with Gasteiger partial charge in [0.2, 0.25) is 5.95 Å². The molecule has 5 rings (SSSR count). The van der Waals surface area contributed by atoms with Crippen LogP contribution in [-0.2, 0) is 6.42 Å². The van der Waals surface area contributed by atoms with E-state index in [0.717, 1.165) is 33.2 Å². The maximum atomic E-state index is 14.9. The fraction of sp³-hybridized carbons (Fsp3) is 0.125. The number of allylic oxidation sites excluding steroid dienone is 1. The molecule has 29 heavy (non-hydrogen) atoms. The SMILES string of the molecule is CCc1ccc(C2=C[C@@H](c3cc(Br)ccc3F)n3c(nc4ccccc43)N2)cc1. The van der Waals surface area contributed by atoms with Crippen molar-refractivity contribution in [3.05, 3.63) is 99.8 Å². The van der Waals surface area contributed by atoms with Crippen LogP contribution < -0.4 is 5.32 Å². The molecule has 2 heterocycles. The maximum absolute atomic E-state index is 14.9. The summed E-state index contributed by atoms with van der Waals surface area (Å²) in [5, 5.41) is 3.45. The molecule has 0 radical (unpaired) electrons. The highest BCUT2D eigenvalue weighted by molar-refractivity contribution is 9.10. The van der Waals surface area contributed by atoms with E-state index in [1.165, 1.54) is 11.6 Å². The second-order valence-electron chi connectivity index (χ2n) is 7.16. The van der Waals surface area contributed by atoms with Crippen molar-refractivity contribution in [2.24, 2.45) is 0 Å². The molecule has 3 nitrogen and oxygen atoms in total. The molecule has 1 aliphatic rings. The van der Waals surface area contributed by atoms with E-state index in [1.54, 1.807) is 6.07 Å². The van der Waals surface area contributed by atoms with Crippen LogP contribution in [0.2, 0.25) is 0 Å². The van der Waals surface area contributed by atoms with Crippen molar-refractivity contribution in [3.8, 4) is 0 Å². The van der Waals surface area contributed by atoms with E-state index in [2.05, 4.69) is 63.1 Å². The van der Waals surface area contributed by atoms with Crippen LogP contribution in [0.3, 0.4) is 0 Å². The summed E-state index contributed by atoms with van der Waals surface area (Å²) in [6.07, 6.45) is 3.07. The van der Waals surface area contributed by atoms with Crippen molar-refractivity contribution in [2.75, 3.05) is 5.32 Å². The van der Waals surface area contributed by atoms with Gasteiger partial charge < -0.3 is 5.32 Å². The molecular formula is C24H19BrFN3. The smallest absolute Gasteiger partial charge is 0.209 e. The number of hydrogen-bond donors (Lipinski definition) is 1. The minimum atomic E-state index is -0.308. The summed E-state index contributed by atoms with van der Waals surface area (Å²) in [6.45, 7) is 2.14. The third kappa shape index (κ3) is 3.15. The van der Waals surface area contributed by atoms with Gasteiger partial charge >= 0.3 is 0 Å². The highest BCUT2D eigenvalue weighted by Crippen LogP contribution is 2.38. The second kappa shape index (κ2) is 7.16. The molecule has 0 spiro atoms. The van der Waals surface area contributed by atoms with Gasteiger partial charge in [-0.2, -0.15) is 0 Å². The zero-order valence-electron chi connectivity index (χ0n) is 15.9. The summed E-state index contributed by atoms with van der Waals surface area (Å²) in [4.78, 5) is 4.77. The van der Waals surface area contributed by atoms with Crippen molar-refractivity contribution >= 4 is 38.6 Å². The Labute approximate surface area is 177 Å². The monoisotopic (exact) mass is 447 g/mol. The van der Waals surface area contributed by atoms with Crippen molar-refractivity contribution in [3.63, 3.8) is 0 Å². The van der Waals surface area contributed by atoms with E-state index in [4.69, 9.17) is 4.98 Å². The number of rotatable bonds is 3. The lowest BCUT2D eigenvalue weighted by Crippen LogP contribution is -2.20. The molecule has 5 heteroatoms. The summed E-state index contributed by atoms with van der Waals surface area (Å²) in [5.41, 5.74) is 5.73. The van der Waals surface area contributed by atoms with Crippen LogP contribution in [-0.4, -0.2) is 9.55 Å². The molecule has 4 aromatic rings. The number of para-hydroxylation sites is 2. The average molecular weight is 448 g/mol. The number of anilines is 1. The van der Waals surface area contributed by atoms with Gasteiger partial charge in [-0.15, -0.1) is 0 Å². The largest absolute Gasteiger partial charge is 0.325 e. The Hall–Kier alpha value is -2.92. The average Bonchev–Trinajstić information content (AvgIpc) is 3.13. The van der Waals surface area contributed by atoms with Gasteiger partial charge in [-0.05, 0) is 54.0 Å². The number of nitrogens with one attached hydrogen (secondary N) is 1. The van der Waals surface area contributed by atoms with Crippen molar-refractivity contribution in [1.82, 2.24) is 9.55 Å². The number of nitrogens with zero attached hydrogens (tertiary/aromatic N) is 2. The standard InChI is InChI=1S/C24H19BrFN3/c1-2-15-7-9-16(10-8-15)21-14-23(18-13-17(25)11-12-19(18)26)29-22-6-4-3-5-20(22)27-24(29)28-21/h3-14,23H,2H2,1H3,(H,27,28)/t23-/m0/s1. The van der Waals surface area contributed by atoms with Crippen LogP contribution >= 0.6 is 15.9 Å². The molecule has 0 saturated heterocycles. The van der Waals surface area contributed by atoms with Crippen molar-refractivity contribution in [1.29, 1.82) is 0 Å². The summed E-state index contributed by atoms with van der Waals surface area (Å²) in [7, 11) is 0. The Morgan fingerprint density at radius 1 is 1.07 bits per heavy atom. The van der Waals surface area contributed by atoms with Gasteiger partial charge in [0.05, 0.1) is 17.1 Å². The summed E-state index contributed by atoms with van der Waals surface area (Å²) in [5.74, 6) is 0.480. The van der Waals surface area contributed by atoms with Crippen molar-refractivity contribution < 1.29 is 4.39 Å². The van der Waals surface area contributed by atoms with Crippen LogP contribution in [0.25, 0.3) is 16.7 Å². The van der Waals surface area contributed by atoms with E-state index in [9.17, 15) is 4.39 Å². The van der Waals surface area contributed by atoms with Gasteiger partial charge in [-0.3, -0.25) is 4.57 Å². The van der Waals surface area contributed by atoms with Crippen LogP contribution in [0.1, 0.15) is 29.7 Å². The van der Waals surface area contributed by atoms with Gasteiger partial charge in [-0.25, -0.2) is 9.37 Å². The van der Waals surface area contributed by atoms with E-state index in [-0.39, 0.29) is 11.9 Å². The van der Waals surface area contributed by atoms with Crippen LogP contribution in [0, 0.1) is 5.82 Å². The molecule has 0 unspecified atom stereocenters. The first-order valence-corrected chi connectivity index (χ1v) is 10.4. The Kier molecular flexibility index (Phi) is 4.47. The predicted molar refractivity (Wildman–Crippen MR) is 119 cm³/mol. The quantitative estimate of drug-likeness (QED) is 0.385. The Balaban J connectivity index is 1.72. The van der Waals surface area contributed by atoms with E-state index >= 15 is 0 Å². The normalized spacial score (nSPS) is 15.7. The Morgan fingerprint density at radius 2 is 1.86 bits per heavy atom. The Morgan fingerprint density at radius 3 is 2.66 bits per heavy atom. The van der Waals surface area contributed by atoms with E-state index < -0.39 is 0 Å². The molecule has 1 aliphatic heterocycles. The molecule has 3 aromatic carbocycles. The summed E-state index contributed by atoms with van der Waals surface area (Å²) < 4.78 is 17.8. The molecule has 0 aliphatic carbocycles. The minimum absolute atomic E-state index is 0.235. The van der Waals surface area contributed by atoms with Crippen molar-refractivity contribution in [2.45, 2.75) is 19.4 Å². The zero-order valence-corrected chi connectivity index (χ0v) is 17.4. The first-order valence-electron chi connectivity index (χ1n) is 9.64.